The lowest BCUT2D eigenvalue weighted by molar-refractivity contribution is -0.143. The zero-order valence-electron chi connectivity index (χ0n) is 16.9. The monoisotopic (exact) mass is 402 g/mol. The molecule has 2 aromatic rings. The van der Waals surface area contributed by atoms with Gasteiger partial charge in [0.1, 0.15) is 5.82 Å². The minimum atomic E-state index is -0.286. The van der Waals surface area contributed by atoms with E-state index in [1.807, 2.05) is 19.9 Å². The summed E-state index contributed by atoms with van der Waals surface area (Å²) in [6.45, 7) is 5.50. The highest BCUT2D eigenvalue weighted by atomic mass is 19.1. The third kappa shape index (κ3) is 5.40. The zero-order valence-corrected chi connectivity index (χ0v) is 16.9. The van der Waals surface area contributed by atoms with Crippen molar-refractivity contribution in [3.05, 3.63) is 47.4 Å². The number of piperidine rings is 1. The Hall–Kier alpha value is -2.77. The summed E-state index contributed by atoms with van der Waals surface area (Å²) >= 11 is 0. The molecule has 1 saturated heterocycles. The molecule has 0 spiro atoms. The smallest absolute Gasteiger partial charge is 0.246 e. The van der Waals surface area contributed by atoms with Gasteiger partial charge in [-0.3, -0.25) is 9.59 Å². The van der Waals surface area contributed by atoms with Crippen LogP contribution in [0.25, 0.3) is 0 Å². The summed E-state index contributed by atoms with van der Waals surface area (Å²) in [7, 11) is 0. The van der Waals surface area contributed by atoms with Crippen molar-refractivity contribution in [2.24, 2.45) is 5.92 Å². The topological polar surface area (TPSA) is 79.5 Å². The molecule has 0 aliphatic carbocycles. The molecule has 7 nitrogen and oxygen atoms in total. The molecule has 0 unspecified atom stereocenters. The normalized spacial score (nSPS) is 16.9. The fourth-order valence-electron chi connectivity index (χ4n) is 3.55. The predicted molar refractivity (Wildman–Crippen MR) is 104 cm³/mol. The van der Waals surface area contributed by atoms with Gasteiger partial charge in [-0.15, -0.1) is 0 Å². The second kappa shape index (κ2) is 9.62. The number of rotatable bonds is 8. The number of aryl methyl sites for hydroxylation is 1. The summed E-state index contributed by atoms with van der Waals surface area (Å²) in [5.41, 5.74) is 0.838. The van der Waals surface area contributed by atoms with Crippen LogP contribution in [-0.4, -0.2) is 51.4 Å². The number of carbonyl (C=O) groups excluding carboxylic acids is 2. The second-order valence-electron chi connectivity index (χ2n) is 7.27. The number of benzene rings is 1. The molecular weight excluding hydrogens is 375 g/mol. The van der Waals surface area contributed by atoms with E-state index >= 15 is 0 Å². The van der Waals surface area contributed by atoms with Gasteiger partial charge in [-0.2, -0.15) is 4.98 Å². The van der Waals surface area contributed by atoms with Crippen LogP contribution < -0.4 is 0 Å². The van der Waals surface area contributed by atoms with Gasteiger partial charge in [-0.1, -0.05) is 24.2 Å². The van der Waals surface area contributed by atoms with E-state index in [0.717, 1.165) is 5.56 Å². The number of hydrogen-bond donors (Lipinski definition) is 0. The van der Waals surface area contributed by atoms with Gasteiger partial charge in [0.2, 0.25) is 17.7 Å². The Morgan fingerprint density at radius 3 is 2.90 bits per heavy atom. The minimum absolute atomic E-state index is 0.00740. The van der Waals surface area contributed by atoms with Crippen LogP contribution >= 0.6 is 0 Å². The second-order valence-corrected chi connectivity index (χ2v) is 7.27. The van der Waals surface area contributed by atoms with Gasteiger partial charge >= 0.3 is 0 Å². The summed E-state index contributed by atoms with van der Waals surface area (Å²) in [5.74, 6) is 0.535. The molecule has 2 heterocycles. The highest BCUT2D eigenvalue weighted by molar-refractivity contribution is 5.83. The van der Waals surface area contributed by atoms with E-state index in [2.05, 4.69) is 10.1 Å². The Morgan fingerprint density at radius 2 is 2.21 bits per heavy atom. The van der Waals surface area contributed by atoms with Crippen molar-refractivity contribution < 1.29 is 18.5 Å². The fourth-order valence-corrected chi connectivity index (χ4v) is 3.55. The number of halogens is 1. The molecule has 1 fully saturated rings. The van der Waals surface area contributed by atoms with Crippen LogP contribution in [0.1, 0.15) is 44.0 Å². The van der Waals surface area contributed by atoms with Crippen molar-refractivity contribution >= 4 is 11.8 Å². The van der Waals surface area contributed by atoms with E-state index < -0.39 is 0 Å². The number of hydrogen-bond acceptors (Lipinski definition) is 5. The molecule has 1 aromatic carbocycles. The Balaban J connectivity index is 1.59. The van der Waals surface area contributed by atoms with Crippen molar-refractivity contribution in [3.63, 3.8) is 0 Å². The first kappa shape index (κ1) is 21.0. The average molecular weight is 402 g/mol. The van der Waals surface area contributed by atoms with E-state index in [1.54, 1.807) is 15.9 Å². The molecule has 0 bridgehead atoms. The van der Waals surface area contributed by atoms with E-state index in [0.29, 0.717) is 57.0 Å². The first-order chi connectivity index (χ1) is 14.0. The fraction of sp³-hybridized carbons (Fsp3) is 0.524. The lowest BCUT2D eigenvalue weighted by Crippen LogP contribution is -2.47. The number of amides is 2. The molecule has 3 rings (SSSR count). The summed E-state index contributed by atoms with van der Waals surface area (Å²) in [5, 5.41) is 3.87. The SMILES string of the molecule is CCc1noc(CN(CC)C(=O)[C@@H]2CCC(=O)N(CCc3cccc(F)c3)C2)n1. The van der Waals surface area contributed by atoms with Gasteiger partial charge in [-0.25, -0.2) is 4.39 Å². The van der Waals surface area contributed by atoms with E-state index in [4.69, 9.17) is 4.52 Å². The van der Waals surface area contributed by atoms with E-state index in [-0.39, 0.29) is 30.1 Å². The Morgan fingerprint density at radius 1 is 1.38 bits per heavy atom. The molecule has 0 radical (unpaired) electrons. The molecule has 29 heavy (non-hydrogen) atoms. The van der Waals surface area contributed by atoms with Crippen LogP contribution in [-0.2, 0) is 29.0 Å². The van der Waals surface area contributed by atoms with Gasteiger partial charge in [0.05, 0.1) is 12.5 Å². The number of likely N-dealkylation sites (tertiary alicyclic amines) is 1. The molecule has 1 aliphatic rings. The van der Waals surface area contributed by atoms with Gasteiger partial charge in [0.25, 0.3) is 0 Å². The lowest BCUT2D eigenvalue weighted by Gasteiger charge is -2.34. The van der Waals surface area contributed by atoms with Gasteiger partial charge in [0, 0.05) is 32.5 Å². The maximum absolute atomic E-state index is 13.4. The Bertz CT molecular complexity index is 854. The Labute approximate surface area is 169 Å². The van der Waals surface area contributed by atoms with Gasteiger partial charge in [0.15, 0.2) is 5.82 Å². The highest BCUT2D eigenvalue weighted by Gasteiger charge is 2.32. The van der Waals surface area contributed by atoms with Crippen molar-refractivity contribution in [2.45, 2.75) is 46.1 Å². The molecule has 1 aromatic heterocycles. The van der Waals surface area contributed by atoms with Crippen LogP contribution in [0.2, 0.25) is 0 Å². The van der Waals surface area contributed by atoms with Crippen LogP contribution in [0.15, 0.2) is 28.8 Å². The van der Waals surface area contributed by atoms with E-state index in [9.17, 15) is 14.0 Å². The quantitative estimate of drug-likeness (QED) is 0.678. The third-order valence-corrected chi connectivity index (χ3v) is 5.25. The highest BCUT2D eigenvalue weighted by Crippen LogP contribution is 2.21. The molecule has 2 amide bonds. The number of nitrogens with zero attached hydrogens (tertiary/aromatic N) is 4. The standard InChI is InChI=1S/C21H27FN4O3/c1-3-18-23-19(29-24-18)14-25(4-2)21(28)16-8-9-20(27)26(13-16)11-10-15-6-5-7-17(22)12-15/h5-7,12,16H,3-4,8-11,13-14H2,1-2H3/t16-/m1/s1. The minimum Gasteiger partial charge on any atom is -0.342 e. The van der Waals surface area contributed by atoms with Crippen LogP contribution in [0, 0.1) is 11.7 Å². The molecule has 8 heteroatoms. The molecule has 0 saturated carbocycles. The summed E-state index contributed by atoms with van der Waals surface area (Å²) in [4.78, 5) is 33.0. The van der Waals surface area contributed by atoms with Crippen molar-refractivity contribution in [1.82, 2.24) is 19.9 Å². The van der Waals surface area contributed by atoms with Crippen LogP contribution in [0.3, 0.4) is 0 Å². The summed E-state index contributed by atoms with van der Waals surface area (Å²) in [6, 6.07) is 6.38. The zero-order chi connectivity index (χ0) is 20.8. The maximum Gasteiger partial charge on any atom is 0.246 e. The van der Waals surface area contributed by atoms with Crippen LogP contribution in [0.5, 0.6) is 0 Å². The van der Waals surface area contributed by atoms with Crippen molar-refractivity contribution in [2.75, 3.05) is 19.6 Å². The van der Waals surface area contributed by atoms with E-state index in [1.165, 1.54) is 12.1 Å². The average Bonchev–Trinajstić information content (AvgIpc) is 3.19. The summed E-state index contributed by atoms with van der Waals surface area (Å²) < 4.78 is 18.6. The number of aromatic nitrogens is 2. The van der Waals surface area contributed by atoms with Crippen molar-refractivity contribution in [3.8, 4) is 0 Å². The van der Waals surface area contributed by atoms with Crippen molar-refractivity contribution in [1.29, 1.82) is 0 Å². The lowest BCUT2D eigenvalue weighted by atomic mass is 9.95. The maximum atomic E-state index is 13.4. The molecule has 156 valence electrons. The first-order valence-corrected chi connectivity index (χ1v) is 10.1. The predicted octanol–water partition coefficient (Wildman–Crippen LogP) is 2.60. The molecule has 1 atom stereocenters. The number of carbonyl (C=O) groups is 2. The summed E-state index contributed by atoms with van der Waals surface area (Å²) in [6.07, 6.45) is 2.12. The molecular formula is C21H27FN4O3. The van der Waals surface area contributed by atoms with Gasteiger partial charge in [-0.05, 0) is 37.5 Å². The Kier molecular flexibility index (Phi) is 6.95. The molecule has 1 aliphatic heterocycles. The largest absolute Gasteiger partial charge is 0.342 e. The third-order valence-electron chi connectivity index (χ3n) is 5.25. The molecule has 0 N–H and O–H groups in total. The van der Waals surface area contributed by atoms with Crippen LogP contribution in [0.4, 0.5) is 4.39 Å². The van der Waals surface area contributed by atoms with Gasteiger partial charge < -0.3 is 14.3 Å². The first-order valence-electron chi connectivity index (χ1n) is 10.1.